The van der Waals surface area contributed by atoms with Crippen LogP contribution >= 0.6 is 0 Å². The van der Waals surface area contributed by atoms with E-state index in [2.05, 4.69) is 25.4 Å². The number of nitrogens with one attached hydrogen (secondary N) is 1. The van der Waals surface area contributed by atoms with Gasteiger partial charge in [0.1, 0.15) is 11.4 Å². The summed E-state index contributed by atoms with van der Waals surface area (Å²) in [7, 11) is 0. The molecular weight excluding hydrogens is 442 g/mol. The molecule has 168 valence electrons. The number of aryl methyl sites for hydroxylation is 1. The van der Waals surface area contributed by atoms with Gasteiger partial charge in [-0.15, -0.1) is 0 Å². The second-order valence-corrected chi connectivity index (χ2v) is 7.04. The van der Waals surface area contributed by atoms with Crippen molar-refractivity contribution in [1.29, 1.82) is 0 Å². The summed E-state index contributed by atoms with van der Waals surface area (Å²) in [6.07, 6.45) is -6.47. The van der Waals surface area contributed by atoms with Crippen molar-refractivity contribution in [2.45, 2.75) is 37.8 Å². The van der Waals surface area contributed by atoms with Crippen molar-refractivity contribution in [3.63, 3.8) is 0 Å². The van der Waals surface area contributed by atoms with Crippen LogP contribution in [0.15, 0.2) is 36.7 Å². The van der Waals surface area contributed by atoms with Crippen molar-refractivity contribution in [1.82, 2.24) is 30.0 Å². The van der Waals surface area contributed by atoms with Gasteiger partial charge in [0.05, 0.1) is 17.4 Å². The van der Waals surface area contributed by atoms with Crippen LogP contribution in [0.4, 0.5) is 26.3 Å². The minimum Gasteiger partial charge on any atom is -0.342 e. The minimum atomic E-state index is -4.80. The fourth-order valence-electron chi connectivity index (χ4n) is 3.37. The third-order valence-electron chi connectivity index (χ3n) is 4.82. The molecule has 7 nitrogen and oxygen atoms in total. The number of rotatable bonds is 3. The molecule has 0 aliphatic carbocycles. The maximum atomic E-state index is 13.0. The Labute approximate surface area is 176 Å². The van der Waals surface area contributed by atoms with Crippen LogP contribution in [0.5, 0.6) is 0 Å². The summed E-state index contributed by atoms with van der Waals surface area (Å²) < 4.78 is 78.9. The van der Waals surface area contributed by atoms with Gasteiger partial charge in [-0.05, 0) is 37.1 Å². The molecular formula is C19H14F6N6O. The lowest BCUT2D eigenvalue weighted by Crippen LogP contribution is -2.33. The van der Waals surface area contributed by atoms with E-state index in [-0.39, 0.29) is 11.3 Å². The molecule has 0 radical (unpaired) electrons. The van der Waals surface area contributed by atoms with Gasteiger partial charge in [-0.1, -0.05) is 0 Å². The zero-order valence-corrected chi connectivity index (χ0v) is 16.1. The molecule has 4 rings (SSSR count). The summed E-state index contributed by atoms with van der Waals surface area (Å²) in [6, 6.07) is 4.26. The summed E-state index contributed by atoms with van der Waals surface area (Å²) in [4.78, 5) is 22.2. The molecule has 1 aliphatic heterocycles. The third kappa shape index (κ3) is 4.41. The molecule has 3 aromatic heterocycles. The number of alkyl halides is 6. The molecule has 1 amide bonds. The Kier molecular flexibility index (Phi) is 5.34. The predicted molar refractivity (Wildman–Crippen MR) is 96.9 cm³/mol. The Morgan fingerprint density at radius 3 is 2.50 bits per heavy atom. The highest BCUT2D eigenvalue weighted by Crippen LogP contribution is 2.33. The number of hydrogen-bond acceptors (Lipinski definition) is 5. The quantitative estimate of drug-likeness (QED) is 0.602. The number of aromatic nitrogens is 5. The van der Waals surface area contributed by atoms with E-state index in [0.29, 0.717) is 25.1 Å². The number of halogens is 6. The Bertz CT molecular complexity index is 1160. The van der Waals surface area contributed by atoms with Crippen LogP contribution in [0.25, 0.3) is 11.3 Å². The number of amides is 1. The smallest absolute Gasteiger partial charge is 0.342 e. The molecule has 13 heteroatoms. The lowest BCUT2D eigenvalue weighted by Gasteiger charge is -2.24. The van der Waals surface area contributed by atoms with E-state index >= 15 is 0 Å². The molecule has 1 aliphatic rings. The van der Waals surface area contributed by atoms with Crippen LogP contribution in [-0.4, -0.2) is 30.6 Å². The highest BCUT2D eigenvalue weighted by molar-refractivity contribution is 5.92. The van der Waals surface area contributed by atoms with E-state index in [1.165, 1.54) is 6.07 Å². The van der Waals surface area contributed by atoms with Crippen LogP contribution in [0, 0.1) is 0 Å². The first-order chi connectivity index (χ1) is 15.0. The Balaban J connectivity index is 1.59. The lowest BCUT2D eigenvalue weighted by molar-refractivity contribution is -0.145. The standard InChI is InChI=1S/C19H14F6N6O/c20-18(21,22)15-8-10(3-5-26-15)13-9-14-11(2-1-7-31(14)30-13)28-16(32)12-4-6-27-17(29-12)19(23,24)25/h3-6,8-9,11H,1-2,7H2,(H,28,32)/t11-/m0/s1. The van der Waals surface area contributed by atoms with Gasteiger partial charge in [-0.2, -0.15) is 31.4 Å². The van der Waals surface area contributed by atoms with Gasteiger partial charge < -0.3 is 5.32 Å². The number of pyridine rings is 1. The molecule has 1 N–H and O–H groups in total. The first-order valence-corrected chi connectivity index (χ1v) is 9.35. The van der Waals surface area contributed by atoms with Crippen molar-refractivity contribution in [2.75, 3.05) is 0 Å². The number of carbonyl (C=O) groups is 1. The molecule has 1 atom stereocenters. The molecule has 0 bridgehead atoms. The summed E-state index contributed by atoms with van der Waals surface area (Å²) in [5, 5.41) is 6.94. The fraction of sp³-hybridized carbons (Fsp3) is 0.316. The number of fused-ring (bicyclic) bond motifs is 1. The zero-order valence-electron chi connectivity index (χ0n) is 16.1. The van der Waals surface area contributed by atoms with E-state index < -0.39 is 41.5 Å². The SMILES string of the molecule is O=C(N[C@H]1CCCn2nc(-c3ccnc(C(F)(F)F)c3)cc21)c1ccnc(C(F)(F)F)n1. The monoisotopic (exact) mass is 456 g/mol. The van der Waals surface area contributed by atoms with Crippen molar-refractivity contribution >= 4 is 5.91 Å². The zero-order chi connectivity index (χ0) is 23.1. The van der Waals surface area contributed by atoms with E-state index in [4.69, 9.17) is 0 Å². The molecule has 0 saturated heterocycles. The number of hydrogen-bond donors (Lipinski definition) is 1. The van der Waals surface area contributed by atoms with E-state index in [0.717, 1.165) is 24.5 Å². The number of nitrogens with zero attached hydrogens (tertiary/aromatic N) is 5. The third-order valence-corrected chi connectivity index (χ3v) is 4.82. The van der Waals surface area contributed by atoms with Gasteiger partial charge in [-0.3, -0.25) is 14.5 Å². The Morgan fingerprint density at radius 2 is 1.78 bits per heavy atom. The molecule has 0 fully saturated rings. The maximum Gasteiger partial charge on any atom is 0.451 e. The predicted octanol–water partition coefficient (Wildman–Crippen LogP) is 4.04. The van der Waals surface area contributed by atoms with Gasteiger partial charge in [0.25, 0.3) is 5.91 Å². The second-order valence-electron chi connectivity index (χ2n) is 7.04. The van der Waals surface area contributed by atoms with Crippen LogP contribution in [-0.2, 0) is 18.9 Å². The van der Waals surface area contributed by atoms with Crippen LogP contribution in [0.3, 0.4) is 0 Å². The first kappa shape index (κ1) is 21.7. The molecule has 0 spiro atoms. The lowest BCUT2D eigenvalue weighted by atomic mass is 10.0. The largest absolute Gasteiger partial charge is 0.451 e. The van der Waals surface area contributed by atoms with Crippen molar-refractivity contribution < 1.29 is 31.1 Å². The number of carbonyl (C=O) groups excluding carboxylic acids is 1. The minimum absolute atomic E-state index is 0.199. The topological polar surface area (TPSA) is 85.6 Å². The molecule has 3 aromatic rings. The van der Waals surface area contributed by atoms with E-state index in [9.17, 15) is 31.1 Å². The molecule has 4 heterocycles. The molecule has 0 saturated carbocycles. The molecule has 32 heavy (non-hydrogen) atoms. The molecule has 0 unspecified atom stereocenters. The van der Waals surface area contributed by atoms with Crippen LogP contribution in [0.1, 0.15) is 46.6 Å². The summed E-state index contributed by atoms with van der Waals surface area (Å²) in [5.41, 5.74) is -0.529. The van der Waals surface area contributed by atoms with Gasteiger partial charge in [0.2, 0.25) is 5.82 Å². The second kappa shape index (κ2) is 7.88. The molecule has 0 aromatic carbocycles. The Morgan fingerprint density at radius 1 is 1.03 bits per heavy atom. The van der Waals surface area contributed by atoms with Crippen molar-refractivity contribution in [3.05, 3.63) is 59.6 Å². The average molecular weight is 456 g/mol. The van der Waals surface area contributed by atoms with Gasteiger partial charge >= 0.3 is 12.4 Å². The van der Waals surface area contributed by atoms with Gasteiger partial charge in [0, 0.05) is 24.5 Å². The highest BCUT2D eigenvalue weighted by atomic mass is 19.4. The summed E-state index contributed by atoms with van der Waals surface area (Å²) in [6.45, 7) is 0.477. The highest BCUT2D eigenvalue weighted by Gasteiger charge is 2.36. The van der Waals surface area contributed by atoms with Gasteiger partial charge in [-0.25, -0.2) is 9.97 Å². The average Bonchev–Trinajstić information content (AvgIpc) is 3.18. The summed E-state index contributed by atoms with van der Waals surface area (Å²) >= 11 is 0. The Hall–Kier alpha value is -3.51. The van der Waals surface area contributed by atoms with Crippen LogP contribution in [0.2, 0.25) is 0 Å². The van der Waals surface area contributed by atoms with Crippen molar-refractivity contribution in [3.8, 4) is 11.3 Å². The first-order valence-electron chi connectivity index (χ1n) is 9.35. The van der Waals surface area contributed by atoms with Gasteiger partial charge in [0.15, 0.2) is 0 Å². The van der Waals surface area contributed by atoms with E-state index in [1.807, 2.05) is 0 Å². The summed E-state index contributed by atoms with van der Waals surface area (Å²) in [5.74, 6) is -2.26. The van der Waals surface area contributed by atoms with E-state index in [1.54, 1.807) is 10.7 Å². The van der Waals surface area contributed by atoms with Crippen LogP contribution < -0.4 is 5.32 Å². The normalized spacial score (nSPS) is 16.5. The maximum absolute atomic E-state index is 13.0. The fourth-order valence-corrected chi connectivity index (χ4v) is 3.37. The van der Waals surface area contributed by atoms with Crippen molar-refractivity contribution in [2.24, 2.45) is 0 Å².